The summed E-state index contributed by atoms with van der Waals surface area (Å²) in [6, 6.07) is 47.2. The van der Waals surface area contributed by atoms with Gasteiger partial charge in [0.25, 0.3) is 0 Å². The third-order valence-corrected chi connectivity index (χ3v) is 12.6. The highest BCUT2D eigenvalue weighted by Gasteiger charge is 2.22. The molecule has 1 aliphatic carbocycles. The monoisotopic (exact) mass is 838 g/mol. The molecule has 6 aromatic carbocycles. The zero-order chi connectivity index (χ0) is 40.6. The summed E-state index contributed by atoms with van der Waals surface area (Å²) in [6.45, 7) is 4.71. The van der Waals surface area contributed by atoms with Gasteiger partial charge >= 0.3 is 0 Å². The lowest BCUT2D eigenvalue weighted by Gasteiger charge is -2.23. The minimum Gasteiger partial charge on any atom is -0.492 e. The highest BCUT2D eigenvalue weighted by atomic mass is 32.2. The first-order valence-corrected chi connectivity index (χ1v) is 23.4. The first-order chi connectivity index (χ1) is 29.8. The van der Waals surface area contributed by atoms with Crippen molar-refractivity contribution in [2.45, 2.75) is 38.9 Å². The van der Waals surface area contributed by atoms with E-state index in [0.717, 1.165) is 102 Å². The predicted molar refractivity (Wildman–Crippen MR) is 246 cm³/mol. The zero-order valence-corrected chi connectivity index (χ0v) is 35.9. The average Bonchev–Trinajstić information content (AvgIpc) is 3.27. The van der Waals surface area contributed by atoms with Gasteiger partial charge in [-0.25, -0.2) is 0 Å². The van der Waals surface area contributed by atoms with Crippen LogP contribution in [0.25, 0.3) is 0 Å². The highest BCUT2D eigenvalue weighted by Crippen LogP contribution is 2.39. The molecule has 1 heterocycles. The van der Waals surface area contributed by atoms with Crippen molar-refractivity contribution in [2.75, 3.05) is 62.7 Å². The average molecular weight is 839 g/mol. The van der Waals surface area contributed by atoms with Crippen molar-refractivity contribution in [3.63, 3.8) is 0 Å². The zero-order valence-electron chi connectivity index (χ0n) is 34.3. The predicted octanol–water partition coefficient (Wildman–Crippen LogP) is 10.8. The summed E-state index contributed by atoms with van der Waals surface area (Å²) in [4.78, 5) is 0. The molecular formula is C52H54O6S2. The molecule has 0 N–H and O–H groups in total. The second-order valence-corrected chi connectivity index (χ2v) is 17.5. The van der Waals surface area contributed by atoms with E-state index in [1.807, 2.05) is 35.7 Å². The van der Waals surface area contributed by atoms with Crippen molar-refractivity contribution in [1.29, 1.82) is 0 Å². The summed E-state index contributed by atoms with van der Waals surface area (Å²) < 4.78 is 39.3. The SMILES string of the molecule is c1ccc(COc2c3cccc2Cc2cccc4c2OCCSCCOCCOCCSCCOc2c(cccc2Cc2cccc(c2OCc2ccccc2)C4)C3)cc1. The summed E-state index contributed by atoms with van der Waals surface area (Å²) in [5, 5.41) is 0. The molecule has 10 bridgehead atoms. The number of thioether (sulfide) groups is 2. The summed E-state index contributed by atoms with van der Waals surface area (Å²) in [5.74, 6) is 7.22. The molecular weight excluding hydrogens is 785 g/mol. The van der Waals surface area contributed by atoms with Gasteiger partial charge in [0, 0.05) is 48.7 Å². The molecule has 6 aromatic rings. The summed E-state index contributed by atoms with van der Waals surface area (Å²) in [5.41, 5.74) is 11.3. The van der Waals surface area contributed by atoms with E-state index >= 15 is 0 Å². The van der Waals surface area contributed by atoms with E-state index < -0.39 is 0 Å². The molecule has 2 aliphatic rings. The van der Waals surface area contributed by atoms with E-state index in [1.165, 1.54) is 0 Å². The first-order valence-electron chi connectivity index (χ1n) is 21.1. The molecule has 0 radical (unpaired) electrons. The van der Waals surface area contributed by atoms with Crippen LogP contribution in [0.2, 0.25) is 0 Å². The van der Waals surface area contributed by atoms with Crippen LogP contribution in [-0.2, 0) is 48.4 Å². The van der Waals surface area contributed by atoms with E-state index in [1.54, 1.807) is 0 Å². The number of benzene rings is 6. The van der Waals surface area contributed by atoms with Gasteiger partial charge in [-0.3, -0.25) is 0 Å². The molecule has 0 spiro atoms. The van der Waals surface area contributed by atoms with Crippen LogP contribution < -0.4 is 18.9 Å². The Morgan fingerprint density at radius 1 is 0.350 bits per heavy atom. The van der Waals surface area contributed by atoms with Gasteiger partial charge in [-0.15, -0.1) is 0 Å². The quantitative estimate of drug-likeness (QED) is 0.164. The van der Waals surface area contributed by atoms with Crippen LogP contribution in [0.1, 0.15) is 55.6 Å². The van der Waals surface area contributed by atoms with E-state index in [2.05, 4.69) is 121 Å². The molecule has 0 saturated carbocycles. The van der Waals surface area contributed by atoms with Crippen LogP contribution in [0.3, 0.4) is 0 Å². The van der Waals surface area contributed by atoms with Crippen LogP contribution in [0.15, 0.2) is 133 Å². The molecule has 0 aromatic heterocycles. The van der Waals surface area contributed by atoms with Gasteiger partial charge in [-0.05, 0) is 55.6 Å². The Bertz CT molecular complexity index is 2020. The lowest BCUT2D eigenvalue weighted by atomic mass is 9.91. The topological polar surface area (TPSA) is 55.4 Å². The van der Waals surface area contributed by atoms with E-state index in [-0.39, 0.29) is 0 Å². The van der Waals surface area contributed by atoms with Crippen LogP contribution in [-0.4, -0.2) is 62.7 Å². The normalized spacial score (nSPS) is 15.5. The second-order valence-electron chi connectivity index (χ2n) is 15.0. The summed E-state index contributed by atoms with van der Waals surface area (Å²) in [7, 11) is 0. The van der Waals surface area contributed by atoms with Crippen molar-refractivity contribution in [3.8, 4) is 23.0 Å². The lowest BCUT2D eigenvalue weighted by Crippen LogP contribution is -2.11. The Kier molecular flexibility index (Phi) is 15.4. The van der Waals surface area contributed by atoms with Crippen molar-refractivity contribution in [3.05, 3.63) is 189 Å². The van der Waals surface area contributed by atoms with Gasteiger partial charge in [0.1, 0.15) is 36.2 Å². The number of rotatable bonds is 6. The molecule has 0 saturated heterocycles. The van der Waals surface area contributed by atoms with Gasteiger partial charge in [0.2, 0.25) is 0 Å². The minimum atomic E-state index is 0.472. The molecule has 0 fully saturated rings. The Morgan fingerprint density at radius 2 is 0.683 bits per heavy atom. The molecule has 0 amide bonds. The van der Waals surface area contributed by atoms with Crippen molar-refractivity contribution in [1.82, 2.24) is 0 Å². The van der Waals surface area contributed by atoms with Gasteiger partial charge in [0.05, 0.1) is 39.6 Å². The second kappa shape index (κ2) is 22.1. The highest BCUT2D eigenvalue weighted by molar-refractivity contribution is 7.99. The number of hydrogen-bond acceptors (Lipinski definition) is 8. The first kappa shape index (κ1) is 41.9. The molecule has 1 aliphatic heterocycles. The van der Waals surface area contributed by atoms with Crippen molar-refractivity contribution >= 4 is 23.5 Å². The molecule has 8 heteroatoms. The lowest BCUT2D eigenvalue weighted by molar-refractivity contribution is 0.0605. The molecule has 0 atom stereocenters. The Morgan fingerprint density at radius 3 is 1.05 bits per heavy atom. The van der Waals surface area contributed by atoms with E-state index in [9.17, 15) is 0 Å². The third-order valence-electron chi connectivity index (χ3n) is 10.8. The molecule has 60 heavy (non-hydrogen) atoms. The third kappa shape index (κ3) is 11.5. The smallest absolute Gasteiger partial charge is 0.126 e. The van der Waals surface area contributed by atoms with Gasteiger partial charge in [-0.2, -0.15) is 23.5 Å². The van der Waals surface area contributed by atoms with E-state index in [0.29, 0.717) is 78.5 Å². The maximum Gasteiger partial charge on any atom is 0.126 e. The van der Waals surface area contributed by atoms with Crippen molar-refractivity contribution < 1.29 is 28.4 Å². The van der Waals surface area contributed by atoms with Crippen molar-refractivity contribution in [2.24, 2.45) is 0 Å². The Labute approximate surface area is 363 Å². The van der Waals surface area contributed by atoms with Crippen LogP contribution in [0.5, 0.6) is 23.0 Å². The molecule has 310 valence electrons. The fraction of sp³-hybridized carbons (Fsp3) is 0.308. The Balaban J connectivity index is 1.25. The fourth-order valence-corrected chi connectivity index (χ4v) is 9.14. The maximum absolute atomic E-state index is 6.89. The van der Waals surface area contributed by atoms with E-state index in [4.69, 9.17) is 28.4 Å². The number of hydrogen-bond donors (Lipinski definition) is 0. The standard InChI is InChI=1S/C52H54O6S2/c1-3-11-39(12-4-1)37-57-51-45-19-9-20-46(51)34-42-16-8-18-44-36-48-22-10-21-47(52(48)58-38-40-13-5-2-6-14-40)35-43-17-7-15-41(33-45)49(43)55-27-31-59-29-25-53-23-24-54-26-30-60-32-28-56-50(42)44/h1-22H,23-38H2. The minimum absolute atomic E-state index is 0.472. The maximum atomic E-state index is 6.89. The molecule has 8 rings (SSSR count). The number of fused-ring (bicyclic) bond motifs is 2. The molecule has 0 unspecified atom stereocenters. The Hall–Kier alpha value is -4.86. The van der Waals surface area contributed by atoms with Gasteiger partial charge < -0.3 is 28.4 Å². The largest absolute Gasteiger partial charge is 0.492 e. The number of ether oxygens (including phenoxy) is 6. The summed E-state index contributed by atoms with van der Waals surface area (Å²) >= 11 is 3.71. The summed E-state index contributed by atoms with van der Waals surface area (Å²) in [6.07, 6.45) is 2.62. The van der Waals surface area contributed by atoms with Crippen LogP contribution in [0.4, 0.5) is 0 Å². The van der Waals surface area contributed by atoms with Crippen LogP contribution in [0, 0.1) is 0 Å². The van der Waals surface area contributed by atoms with Gasteiger partial charge in [0.15, 0.2) is 0 Å². The number of para-hydroxylation sites is 4. The van der Waals surface area contributed by atoms with Crippen LogP contribution >= 0.6 is 23.5 Å². The van der Waals surface area contributed by atoms with Gasteiger partial charge in [-0.1, -0.05) is 133 Å². The molecule has 6 nitrogen and oxygen atoms in total. The fourth-order valence-electron chi connectivity index (χ4n) is 7.85.